The first kappa shape index (κ1) is 29.4. The van der Waals surface area contributed by atoms with E-state index in [2.05, 4.69) is 38.4 Å². The number of aryl methyl sites for hydroxylation is 1. The van der Waals surface area contributed by atoms with E-state index in [1.54, 1.807) is 32.1 Å². The Balaban J connectivity index is 0.000000461. The molecule has 1 aromatic rings. The molecule has 9 heteroatoms. The number of anilines is 1. The topological polar surface area (TPSA) is 106 Å². The summed E-state index contributed by atoms with van der Waals surface area (Å²) >= 11 is -1.68. The molecule has 35 heavy (non-hydrogen) atoms. The van der Waals surface area contributed by atoms with Crippen molar-refractivity contribution >= 4 is 34.9 Å². The van der Waals surface area contributed by atoms with Crippen molar-refractivity contribution in [1.82, 2.24) is 10.2 Å². The van der Waals surface area contributed by atoms with Gasteiger partial charge in [0.1, 0.15) is 5.75 Å². The predicted molar refractivity (Wildman–Crippen MR) is 147 cm³/mol. The molecule has 0 radical (unpaired) electrons. The normalized spacial score (nSPS) is 17.0. The molecule has 1 fully saturated rings. The van der Waals surface area contributed by atoms with Crippen LogP contribution in [0.4, 0.5) is 5.69 Å². The number of amidine groups is 2. The zero-order chi connectivity index (χ0) is 26.1. The molecule has 3 N–H and O–H groups in total. The third-order valence-electron chi connectivity index (χ3n) is 4.82. The van der Waals surface area contributed by atoms with Crippen LogP contribution in [0.1, 0.15) is 38.7 Å². The number of nitrogens with one attached hydrogen (secondary N) is 2. The average Bonchev–Trinajstić information content (AvgIpc) is 3.22. The van der Waals surface area contributed by atoms with Crippen molar-refractivity contribution in [3.8, 4) is 18.1 Å². The molecule has 1 amide bonds. The Labute approximate surface area is 211 Å². The van der Waals surface area contributed by atoms with Crippen LogP contribution in [0.5, 0.6) is 5.75 Å². The number of rotatable bonds is 6. The van der Waals surface area contributed by atoms with Gasteiger partial charge >= 0.3 is 0 Å². The van der Waals surface area contributed by atoms with Crippen molar-refractivity contribution in [3.05, 3.63) is 60.2 Å². The molecule has 0 aromatic heterocycles. The summed E-state index contributed by atoms with van der Waals surface area (Å²) in [7, 11) is 0. The molecule has 3 rings (SSSR count). The Bertz CT molecular complexity index is 1030. The van der Waals surface area contributed by atoms with E-state index in [1.165, 1.54) is 19.3 Å². The molecular weight excluding hydrogens is 462 g/mol. The quantitative estimate of drug-likeness (QED) is 0.238. The lowest BCUT2D eigenvalue weighted by Gasteiger charge is -2.21. The highest BCUT2D eigenvalue weighted by Crippen LogP contribution is 2.27. The van der Waals surface area contributed by atoms with Gasteiger partial charge in [0.15, 0.2) is 11.7 Å². The van der Waals surface area contributed by atoms with E-state index in [4.69, 9.17) is 0 Å². The summed E-state index contributed by atoms with van der Waals surface area (Å²) in [6, 6.07) is 5.32. The van der Waals surface area contributed by atoms with Gasteiger partial charge < -0.3 is 20.6 Å². The number of carbonyl (C=O) groups excluding carboxylic acids is 1. The maximum Gasteiger partial charge on any atom is 0.269 e. The van der Waals surface area contributed by atoms with Gasteiger partial charge in [-0.2, -0.15) is 0 Å². The van der Waals surface area contributed by atoms with Crippen molar-refractivity contribution in [2.75, 3.05) is 25.0 Å². The number of carbonyl (C=O) groups is 1. The Morgan fingerprint density at radius 1 is 1.29 bits per heavy atom. The summed E-state index contributed by atoms with van der Waals surface area (Å²) in [6.45, 7) is 11.6. The molecule has 1 aromatic carbocycles. The molecular formula is C26H35N5O3S. The fourth-order valence-electron chi connectivity index (χ4n) is 2.98. The number of phenolic OH excluding ortho intramolecular Hbond substituents is 1. The Kier molecular flexibility index (Phi) is 14.2. The minimum absolute atomic E-state index is 0.122. The molecule has 188 valence electrons. The number of terminal acetylenes is 1. The van der Waals surface area contributed by atoms with Crippen LogP contribution in [0.25, 0.3) is 0 Å². The zero-order valence-corrected chi connectivity index (χ0v) is 21.5. The van der Waals surface area contributed by atoms with Crippen molar-refractivity contribution in [1.29, 1.82) is 0 Å². The van der Waals surface area contributed by atoms with E-state index in [0.717, 1.165) is 30.6 Å². The first-order chi connectivity index (χ1) is 16.9. The molecule has 2 aliphatic heterocycles. The molecule has 0 bridgehead atoms. The van der Waals surface area contributed by atoms with Gasteiger partial charge in [-0.05, 0) is 57.2 Å². The summed E-state index contributed by atoms with van der Waals surface area (Å²) in [5.41, 5.74) is 2.16. The third kappa shape index (κ3) is 10.9. The van der Waals surface area contributed by atoms with Crippen LogP contribution in [0, 0.1) is 19.3 Å². The number of nitrogens with zero attached hydrogens (tertiary/aromatic N) is 3. The molecule has 8 nitrogen and oxygen atoms in total. The van der Waals surface area contributed by atoms with Crippen molar-refractivity contribution in [3.63, 3.8) is 0 Å². The molecule has 0 saturated carbocycles. The highest BCUT2D eigenvalue weighted by molar-refractivity contribution is 7.83. The van der Waals surface area contributed by atoms with Gasteiger partial charge in [-0.25, -0.2) is 4.21 Å². The van der Waals surface area contributed by atoms with Crippen LogP contribution in [-0.4, -0.2) is 51.9 Å². The van der Waals surface area contributed by atoms with Gasteiger partial charge in [0, 0.05) is 19.6 Å². The van der Waals surface area contributed by atoms with E-state index in [1.807, 2.05) is 36.1 Å². The van der Waals surface area contributed by atoms with Crippen LogP contribution < -0.4 is 10.6 Å². The number of para-hydroxylation sites is 1. The standard InChI is InChI=1S/C17H20N4O2S.C6H11NO.C3H4/c1-4-6-9-13(5-2)11-18-16-17(21-24(23)20-16)19-14-10-7-8-12(3)15(14)22;8-6-7-4-2-1-3-5-7;1-3-2/h4-10,22H,2,11H2,1,3H3,(H,18,20)(H,19,21);6H,1-5H2;1H,2H3/b6-4-,13-9+;;. The SMILES string of the molecule is C#CC.C=C/C(=C\C=C/C)CNC1=NS(=O)N=C1Nc1cccc(C)c1O.O=CN1CCCCC1. The van der Waals surface area contributed by atoms with Crippen LogP contribution in [0.2, 0.25) is 0 Å². The van der Waals surface area contributed by atoms with E-state index < -0.39 is 11.2 Å². The molecule has 0 aliphatic carbocycles. The summed E-state index contributed by atoms with van der Waals surface area (Å²) in [4.78, 5) is 11.9. The van der Waals surface area contributed by atoms with Crippen LogP contribution >= 0.6 is 0 Å². The molecule has 1 unspecified atom stereocenters. The number of benzene rings is 1. The Morgan fingerprint density at radius 3 is 2.51 bits per heavy atom. The zero-order valence-electron chi connectivity index (χ0n) is 20.7. The fourth-order valence-corrected chi connectivity index (χ4v) is 3.61. The number of piperidine rings is 1. The second-order valence-corrected chi connectivity index (χ2v) is 8.35. The molecule has 2 aliphatic rings. The lowest BCUT2D eigenvalue weighted by molar-refractivity contribution is -0.118. The first-order valence-electron chi connectivity index (χ1n) is 11.3. The van der Waals surface area contributed by atoms with Crippen molar-refractivity contribution < 1.29 is 14.1 Å². The van der Waals surface area contributed by atoms with Crippen LogP contribution in [-0.2, 0) is 16.0 Å². The average molecular weight is 498 g/mol. The highest BCUT2D eigenvalue weighted by atomic mass is 32.2. The van der Waals surface area contributed by atoms with Gasteiger partial charge in [0.05, 0.1) is 5.69 Å². The molecule has 1 atom stereocenters. The van der Waals surface area contributed by atoms with E-state index in [-0.39, 0.29) is 5.75 Å². The van der Waals surface area contributed by atoms with Crippen molar-refractivity contribution in [2.45, 2.75) is 40.0 Å². The van der Waals surface area contributed by atoms with Gasteiger partial charge in [0.25, 0.3) is 11.2 Å². The summed E-state index contributed by atoms with van der Waals surface area (Å²) in [5, 5.41) is 16.1. The van der Waals surface area contributed by atoms with E-state index in [9.17, 15) is 14.1 Å². The van der Waals surface area contributed by atoms with Crippen LogP contribution in [0.15, 0.2) is 63.5 Å². The number of phenols is 1. The Hall–Kier alpha value is -3.64. The summed E-state index contributed by atoms with van der Waals surface area (Å²) in [5.74, 6) is 3.07. The lowest BCUT2D eigenvalue weighted by Crippen LogP contribution is -2.35. The van der Waals surface area contributed by atoms with E-state index in [0.29, 0.717) is 23.9 Å². The second-order valence-electron chi connectivity index (χ2n) is 7.52. The minimum Gasteiger partial charge on any atom is -0.505 e. The number of hydrogen-bond donors (Lipinski definition) is 3. The van der Waals surface area contributed by atoms with Gasteiger partial charge in [-0.15, -0.1) is 21.1 Å². The minimum atomic E-state index is -1.68. The number of aromatic hydroxyl groups is 1. The third-order valence-corrected chi connectivity index (χ3v) is 5.50. The molecule has 0 spiro atoms. The highest BCUT2D eigenvalue weighted by Gasteiger charge is 2.20. The summed E-state index contributed by atoms with van der Waals surface area (Å²) in [6.07, 6.45) is 16.7. The molecule has 2 heterocycles. The largest absolute Gasteiger partial charge is 0.505 e. The number of likely N-dealkylation sites (tertiary alicyclic amines) is 1. The van der Waals surface area contributed by atoms with Crippen molar-refractivity contribution in [2.24, 2.45) is 8.80 Å². The maximum absolute atomic E-state index is 11.6. The second kappa shape index (κ2) is 16.9. The van der Waals surface area contributed by atoms with E-state index >= 15 is 0 Å². The monoisotopic (exact) mass is 497 g/mol. The number of hydrogen-bond acceptors (Lipinski definition) is 5. The van der Waals surface area contributed by atoms with Gasteiger partial charge in [-0.1, -0.05) is 43.0 Å². The maximum atomic E-state index is 11.6. The number of allylic oxidation sites excluding steroid dienone is 3. The number of amides is 1. The first-order valence-corrected chi connectivity index (χ1v) is 12.4. The van der Waals surface area contributed by atoms with Gasteiger partial charge in [-0.3, -0.25) is 4.79 Å². The molecule has 1 saturated heterocycles. The Morgan fingerprint density at radius 2 is 1.94 bits per heavy atom. The van der Waals surface area contributed by atoms with Gasteiger partial charge in [0.2, 0.25) is 6.41 Å². The lowest BCUT2D eigenvalue weighted by atomic mass is 10.1. The van der Waals surface area contributed by atoms with Crippen LogP contribution in [0.3, 0.4) is 0 Å². The smallest absolute Gasteiger partial charge is 0.269 e. The predicted octanol–water partition coefficient (Wildman–Crippen LogP) is 4.05. The summed E-state index contributed by atoms with van der Waals surface area (Å²) < 4.78 is 19.5. The fraction of sp³-hybridized carbons (Fsp3) is 0.346.